The third-order valence-corrected chi connectivity index (χ3v) is 6.17. The first kappa shape index (κ1) is 16.5. The molecule has 1 aliphatic rings. The van der Waals surface area contributed by atoms with Crippen molar-refractivity contribution in [2.45, 2.75) is 52.0 Å². The number of nitrogens with zero attached hydrogens (tertiary/aromatic N) is 1. The van der Waals surface area contributed by atoms with Crippen molar-refractivity contribution in [2.75, 3.05) is 19.6 Å². The van der Waals surface area contributed by atoms with Gasteiger partial charge in [-0.05, 0) is 31.7 Å². The van der Waals surface area contributed by atoms with Crippen molar-refractivity contribution in [1.82, 2.24) is 9.62 Å². The maximum Gasteiger partial charge on any atom is 0.246 e. The first-order valence-corrected chi connectivity index (χ1v) is 9.00. The number of nitrogens with one attached hydrogen (secondary N) is 1. The van der Waals surface area contributed by atoms with Crippen LogP contribution in [-0.2, 0) is 16.6 Å². The second-order valence-corrected chi connectivity index (χ2v) is 8.39. The van der Waals surface area contributed by atoms with Crippen LogP contribution in [0.15, 0.2) is 15.4 Å². The largest absolute Gasteiger partial charge is 0.464 e. The summed E-state index contributed by atoms with van der Waals surface area (Å²) < 4.78 is 32.7. The normalized spacial score (nSPS) is 19.8. The second kappa shape index (κ2) is 6.10. The number of rotatable bonds is 5. The Kier molecular flexibility index (Phi) is 4.80. The molecule has 0 aliphatic carbocycles. The maximum absolute atomic E-state index is 12.8. The molecule has 1 aromatic rings. The van der Waals surface area contributed by atoms with E-state index < -0.39 is 10.0 Å². The lowest BCUT2D eigenvalue weighted by Crippen LogP contribution is -2.41. The van der Waals surface area contributed by atoms with Crippen molar-refractivity contribution >= 4 is 10.0 Å². The van der Waals surface area contributed by atoms with E-state index in [1.165, 1.54) is 0 Å². The summed E-state index contributed by atoms with van der Waals surface area (Å²) in [5, 5.41) is 3.14. The van der Waals surface area contributed by atoms with E-state index in [1.807, 2.05) is 6.92 Å². The number of aryl methyl sites for hydroxylation is 1. The van der Waals surface area contributed by atoms with Crippen LogP contribution in [0.1, 0.15) is 45.1 Å². The zero-order chi connectivity index (χ0) is 15.7. The molecule has 6 heteroatoms. The van der Waals surface area contributed by atoms with Gasteiger partial charge in [-0.15, -0.1) is 0 Å². The summed E-state index contributed by atoms with van der Waals surface area (Å²) in [7, 11) is -3.44. The van der Waals surface area contributed by atoms with Crippen molar-refractivity contribution in [3.05, 3.63) is 17.6 Å². The Bertz CT molecular complexity index is 580. The van der Waals surface area contributed by atoms with E-state index in [2.05, 4.69) is 19.2 Å². The van der Waals surface area contributed by atoms with E-state index in [9.17, 15) is 8.42 Å². The van der Waals surface area contributed by atoms with Crippen LogP contribution >= 0.6 is 0 Å². The highest BCUT2D eigenvalue weighted by molar-refractivity contribution is 7.89. The molecule has 0 aromatic carbocycles. The van der Waals surface area contributed by atoms with Crippen molar-refractivity contribution in [3.63, 3.8) is 0 Å². The highest BCUT2D eigenvalue weighted by Gasteiger charge is 2.34. The minimum atomic E-state index is -3.44. The van der Waals surface area contributed by atoms with Crippen LogP contribution in [-0.4, -0.2) is 32.4 Å². The Balaban J connectivity index is 2.18. The summed E-state index contributed by atoms with van der Waals surface area (Å²) in [6.07, 6.45) is 1.79. The summed E-state index contributed by atoms with van der Waals surface area (Å²) in [6, 6.07) is 1.66. The lowest BCUT2D eigenvalue weighted by atomic mass is 9.83. The van der Waals surface area contributed by atoms with Crippen LogP contribution in [0, 0.1) is 12.3 Å². The van der Waals surface area contributed by atoms with Crippen LogP contribution in [0.5, 0.6) is 0 Å². The molecule has 0 bridgehead atoms. The van der Waals surface area contributed by atoms with E-state index >= 15 is 0 Å². The topological polar surface area (TPSA) is 62.6 Å². The zero-order valence-electron chi connectivity index (χ0n) is 13.4. The molecule has 120 valence electrons. The van der Waals surface area contributed by atoms with E-state index in [-0.39, 0.29) is 5.41 Å². The Labute approximate surface area is 127 Å². The van der Waals surface area contributed by atoms with Gasteiger partial charge in [-0.3, -0.25) is 0 Å². The summed E-state index contributed by atoms with van der Waals surface area (Å²) in [5.41, 5.74) is 0.230. The summed E-state index contributed by atoms with van der Waals surface area (Å²) in [6.45, 7) is 10.6. The molecule has 1 saturated heterocycles. The van der Waals surface area contributed by atoms with E-state index in [4.69, 9.17) is 4.42 Å². The van der Waals surface area contributed by atoms with Gasteiger partial charge in [-0.2, -0.15) is 4.31 Å². The number of hydrogen-bond acceptors (Lipinski definition) is 4. The van der Waals surface area contributed by atoms with Gasteiger partial charge in [0.15, 0.2) is 0 Å². The molecular weight excluding hydrogens is 288 g/mol. The van der Waals surface area contributed by atoms with Crippen LogP contribution < -0.4 is 5.32 Å². The van der Waals surface area contributed by atoms with Gasteiger partial charge >= 0.3 is 0 Å². The smallest absolute Gasteiger partial charge is 0.246 e. The number of furan rings is 1. The quantitative estimate of drug-likeness (QED) is 0.907. The monoisotopic (exact) mass is 314 g/mol. The van der Waals surface area contributed by atoms with E-state index in [0.29, 0.717) is 36.1 Å². The lowest BCUT2D eigenvalue weighted by Gasteiger charge is -2.35. The van der Waals surface area contributed by atoms with E-state index in [1.54, 1.807) is 17.3 Å². The van der Waals surface area contributed by atoms with Crippen LogP contribution in [0.3, 0.4) is 0 Å². The molecule has 1 aromatic heterocycles. The fraction of sp³-hybridized carbons (Fsp3) is 0.733. The van der Waals surface area contributed by atoms with Gasteiger partial charge in [0.25, 0.3) is 0 Å². The molecule has 0 spiro atoms. The molecule has 0 saturated carbocycles. The standard InChI is InChI=1S/C15H26N2O3S/c1-5-16-11-13-10-14(12(2)20-13)21(18,19)17-8-6-15(3,4)7-9-17/h10,16H,5-9,11H2,1-4H3. The van der Waals surface area contributed by atoms with Gasteiger partial charge < -0.3 is 9.73 Å². The minimum Gasteiger partial charge on any atom is -0.464 e. The fourth-order valence-corrected chi connectivity index (χ4v) is 4.21. The summed E-state index contributed by atoms with van der Waals surface area (Å²) in [5.74, 6) is 1.15. The van der Waals surface area contributed by atoms with Gasteiger partial charge in [0.2, 0.25) is 10.0 Å². The summed E-state index contributed by atoms with van der Waals surface area (Å²) >= 11 is 0. The molecule has 0 amide bonds. The number of hydrogen-bond donors (Lipinski definition) is 1. The average Bonchev–Trinajstić information content (AvgIpc) is 2.78. The molecule has 5 nitrogen and oxygen atoms in total. The van der Waals surface area contributed by atoms with Gasteiger partial charge in [-0.1, -0.05) is 20.8 Å². The molecule has 0 unspecified atom stereocenters. The highest BCUT2D eigenvalue weighted by atomic mass is 32.2. The van der Waals surface area contributed by atoms with Gasteiger partial charge in [0, 0.05) is 19.2 Å². The molecule has 1 N–H and O–H groups in total. The predicted octanol–water partition coefficient (Wildman–Crippen LogP) is 2.51. The molecule has 1 aliphatic heterocycles. The highest BCUT2D eigenvalue weighted by Crippen LogP contribution is 2.33. The van der Waals surface area contributed by atoms with Crippen molar-refractivity contribution < 1.29 is 12.8 Å². The third-order valence-electron chi connectivity index (χ3n) is 4.17. The lowest BCUT2D eigenvalue weighted by molar-refractivity contribution is 0.195. The van der Waals surface area contributed by atoms with E-state index in [0.717, 1.165) is 19.4 Å². The Morgan fingerprint density at radius 2 is 1.95 bits per heavy atom. The van der Waals surface area contributed by atoms with Gasteiger partial charge in [-0.25, -0.2) is 8.42 Å². The molecule has 0 radical (unpaired) electrons. The summed E-state index contributed by atoms with van der Waals surface area (Å²) in [4.78, 5) is 0.315. The molecule has 2 heterocycles. The van der Waals surface area contributed by atoms with Crippen molar-refractivity contribution in [2.24, 2.45) is 5.41 Å². The molecular formula is C15H26N2O3S. The van der Waals surface area contributed by atoms with Crippen LogP contribution in [0.2, 0.25) is 0 Å². The van der Waals surface area contributed by atoms with Gasteiger partial charge in [0.05, 0.1) is 6.54 Å². The van der Waals surface area contributed by atoms with Crippen LogP contribution in [0.25, 0.3) is 0 Å². The molecule has 1 fully saturated rings. The predicted molar refractivity (Wildman–Crippen MR) is 82.6 cm³/mol. The molecule has 21 heavy (non-hydrogen) atoms. The average molecular weight is 314 g/mol. The van der Waals surface area contributed by atoms with Crippen LogP contribution in [0.4, 0.5) is 0 Å². The second-order valence-electron chi connectivity index (χ2n) is 6.48. The third kappa shape index (κ3) is 3.67. The maximum atomic E-state index is 12.8. The molecule has 2 rings (SSSR count). The van der Waals surface area contributed by atoms with Crippen molar-refractivity contribution in [3.8, 4) is 0 Å². The Hall–Kier alpha value is -0.850. The first-order chi connectivity index (χ1) is 9.76. The Morgan fingerprint density at radius 3 is 2.52 bits per heavy atom. The van der Waals surface area contributed by atoms with Gasteiger partial charge in [0.1, 0.15) is 16.4 Å². The zero-order valence-corrected chi connectivity index (χ0v) is 14.2. The minimum absolute atomic E-state index is 0.230. The first-order valence-electron chi connectivity index (χ1n) is 7.56. The number of piperidine rings is 1. The molecule has 0 atom stereocenters. The van der Waals surface area contributed by atoms with Crippen molar-refractivity contribution in [1.29, 1.82) is 0 Å². The Morgan fingerprint density at radius 1 is 1.33 bits per heavy atom. The fourth-order valence-electron chi connectivity index (χ4n) is 2.59. The SMILES string of the molecule is CCNCc1cc(S(=O)(=O)N2CCC(C)(C)CC2)c(C)o1. The number of sulfonamides is 1.